The maximum absolute atomic E-state index is 13.2. The summed E-state index contributed by atoms with van der Waals surface area (Å²) < 4.78 is 23.7. The van der Waals surface area contributed by atoms with Crippen LogP contribution in [0, 0.1) is 5.82 Å². The van der Waals surface area contributed by atoms with Gasteiger partial charge in [-0.05, 0) is 42.3 Å². The van der Waals surface area contributed by atoms with Gasteiger partial charge in [-0.15, -0.1) is 0 Å². The standard InChI is InChI=1S/C17H19FO3/c1-17(19,11-12-5-4-6-14(18)9-12)13-7-8-15(20-2)16(10-13)21-3/h4-10,19H,11H2,1-3H3. The summed E-state index contributed by atoms with van der Waals surface area (Å²) in [5, 5.41) is 10.7. The van der Waals surface area contributed by atoms with E-state index in [2.05, 4.69) is 0 Å². The molecule has 0 amide bonds. The van der Waals surface area contributed by atoms with E-state index in [0.717, 1.165) is 5.56 Å². The van der Waals surface area contributed by atoms with Crippen molar-refractivity contribution >= 4 is 0 Å². The molecule has 1 atom stereocenters. The first kappa shape index (κ1) is 15.3. The van der Waals surface area contributed by atoms with Gasteiger partial charge in [0.2, 0.25) is 0 Å². The fourth-order valence-electron chi connectivity index (χ4n) is 2.32. The van der Waals surface area contributed by atoms with Crippen LogP contribution in [0.2, 0.25) is 0 Å². The summed E-state index contributed by atoms with van der Waals surface area (Å²) in [7, 11) is 3.10. The summed E-state index contributed by atoms with van der Waals surface area (Å²) in [6.45, 7) is 1.69. The molecule has 0 aromatic heterocycles. The predicted octanol–water partition coefficient (Wildman–Crippen LogP) is 3.29. The molecule has 0 aliphatic rings. The summed E-state index contributed by atoms with van der Waals surface area (Å²) in [4.78, 5) is 0. The van der Waals surface area contributed by atoms with Crippen molar-refractivity contribution in [1.29, 1.82) is 0 Å². The van der Waals surface area contributed by atoms with Crippen LogP contribution in [0.1, 0.15) is 18.1 Å². The van der Waals surface area contributed by atoms with Crippen molar-refractivity contribution in [3.63, 3.8) is 0 Å². The fourth-order valence-corrected chi connectivity index (χ4v) is 2.32. The molecule has 0 radical (unpaired) electrons. The largest absolute Gasteiger partial charge is 0.493 e. The maximum atomic E-state index is 13.2. The second-order valence-corrected chi connectivity index (χ2v) is 5.15. The number of halogens is 1. The number of ether oxygens (including phenoxy) is 2. The Morgan fingerprint density at radius 3 is 2.38 bits per heavy atom. The van der Waals surface area contributed by atoms with E-state index in [1.54, 1.807) is 51.5 Å². The maximum Gasteiger partial charge on any atom is 0.161 e. The van der Waals surface area contributed by atoms with E-state index in [1.807, 2.05) is 0 Å². The van der Waals surface area contributed by atoms with Crippen LogP contribution in [0.5, 0.6) is 11.5 Å². The molecular weight excluding hydrogens is 271 g/mol. The monoisotopic (exact) mass is 290 g/mol. The molecule has 112 valence electrons. The van der Waals surface area contributed by atoms with Crippen LogP contribution in [-0.4, -0.2) is 19.3 Å². The van der Waals surface area contributed by atoms with Crippen LogP contribution in [0.15, 0.2) is 42.5 Å². The Balaban J connectivity index is 2.30. The lowest BCUT2D eigenvalue weighted by molar-refractivity contribution is 0.0572. The van der Waals surface area contributed by atoms with E-state index in [4.69, 9.17) is 9.47 Å². The first-order valence-electron chi connectivity index (χ1n) is 6.65. The van der Waals surface area contributed by atoms with Gasteiger partial charge in [-0.25, -0.2) is 4.39 Å². The number of rotatable bonds is 5. The highest BCUT2D eigenvalue weighted by Crippen LogP contribution is 2.33. The van der Waals surface area contributed by atoms with Gasteiger partial charge < -0.3 is 14.6 Å². The summed E-state index contributed by atoms with van der Waals surface area (Å²) in [6.07, 6.45) is 0.306. The van der Waals surface area contributed by atoms with Gasteiger partial charge in [0, 0.05) is 6.42 Å². The molecule has 0 bridgehead atoms. The second-order valence-electron chi connectivity index (χ2n) is 5.15. The van der Waals surface area contributed by atoms with Crippen molar-refractivity contribution in [2.45, 2.75) is 18.9 Å². The highest BCUT2D eigenvalue weighted by molar-refractivity contribution is 5.44. The topological polar surface area (TPSA) is 38.7 Å². The minimum atomic E-state index is -1.13. The third-order valence-corrected chi connectivity index (χ3v) is 3.44. The summed E-state index contributed by atoms with van der Waals surface area (Å²) >= 11 is 0. The van der Waals surface area contributed by atoms with Gasteiger partial charge in [0.05, 0.1) is 19.8 Å². The molecule has 0 heterocycles. The average molecular weight is 290 g/mol. The average Bonchev–Trinajstić information content (AvgIpc) is 2.46. The van der Waals surface area contributed by atoms with Gasteiger partial charge in [0.15, 0.2) is 11.5 Å². The molecule has 0 aliphatic carbocycles. The SMILES string of the molecule is COc1ccc(C(C)(O)Cc2cccc(F)c2)cc1OC. The highest BCUT2D eigenvalue weighted by Gasteiger charge is 2.25. The molecule has 2 aromatic rings. The van der Waals surface area contributed by atoms with Crippen LogP contribution < -0.4 is 9.47 Å². The van der Waals surface area contributed by atoms with E-state index in [9.17, 15) is 9.50 Å². The fraction of sp³-hybridized carbons (Fsp3) is 0.294. The molecule has 21 heavy (non-hydrogen) atoms. The van der Waals surface area contributed by atoms with Gasteiger partial charge in [-0.3, -0.25) is 0 Å². The van der Waals surface area contributed by atoms with Gasteiger partial charge in [0.1, 0.15) is 5.82 Å². The van der Waals surface area contributed by atoms with Crippen LogP contribution in [-0.2, 0) is 12.0 Å². The number of hydrogen-bond donors (Lipinski definition) is 1. The number of aliphatic hydroxyl groups is 1. The molecule has 1 unspecified atom stereocenters. The normalized spacial score (nSPS) is 13.6. The molecule has 0 fully saturated rings. The first-order chi connectivity index (χ1) is 9.96. The van der Waals surface area contributed by atoms with Crippen LogP contribution >= 0.6 is 0 Å². The Morgan fingerprint density at radius 1 is 1.05 bits per heavy atom. The van der Waals surface area contributed by atoms with E-state index in [0.29, 0.717) is 23.5 Å². The third kappa shape index (κ3) is 3.52. The lowest BCUT2D eigenvalue weighted by atomic mass is 9.89. The van der Waals surface area contributed by atoms with Crippen LogP contribution in [0.4, 0.5) is 4.39 Å². The van der Waals surface area contributed by atoms with Gasteiger partial charge >= 0.3 is 0 Å². The molecule has 2 rings (SSSR count). The van der Waals surface area contributed by atoms with Gasteiger partial charge in [0.25, 0.3) is 0 Å². The van der Waals surface area contributed by atoms with Gasteiger partial charge in [-0.2, -0.15) is 0 Å². The molecule has 2 aromatic carbocycles. The van der Waals surface area contributed by atoms with Crippen molar-refractivity contribution in [3.05, 3.63) is 59.4 Å². The summed E-state index contributed by atoms with van der Waals surface area (Å²) in [5.41, 5.74) is 0.284. The van der Waals surface area contributed by atoms with Crippen molar-refractivity contribution in [2.75, 3.05) is 14.2 Å². The van der Waals surface area contributed by atoms with Crippen LogP contribution in [0.3, 0.4) is 0 Å². The Hall–Kier alpha value is -2.07. The zero-order chi connectivity index (χ0) is 15.5. The molecular formula is C17H19FO3. The van der Waals surface area contributed by atoms with Crippen molar-refractivity contribution in [2.24, 2.45) is 0 Å². The summed E-state index contributed by atoms with van der Waals surface area (Å²) in [6, 6.07) is 11.5. The predicted molar refractivity (Wildman–Crippen MR) is 79.2 cm³/mol. The molecule has 0 aliphatic heterocycles. The third-order valence-electron chi connectivity index (χ3n) is 3.44. The smallest absolute Gasteiger partial charge is 0.161 e. The van der Waals surface area contributed by atoms with Gasteiger partial charge in [-0.1, -0.05) is 18.2 Å². The lowest BCUT2D eigenvalue weighted by Gasteiger charge is -2.25. The van der Waals surface area contributed by atoms with E-state index < -0.39 is 5.60 Å². The Kier molecular flexibility index (Phi) is 4.48. The molecule has 0 saturated carbocycles. The number of benzene rings is 2. The number of methoxy groups -OCH3 is 2. The van der Waals surface area contributed by atoms with Crippen molar-refractivity contribution in [1.82, 2.24) is 0 Å². The Bertz CT molecular complexity index is 623. The van der Waals surface area contributed by atoms with Crippen molar-refractivity contribution < 1.29 is 19.0 Å². The first-order valence-corrected chi connectivity index (χ1v) is 6.65. The zero-order valence-corrected chi connectivity index (χ0v) is 12.4. The van der Waals surface area contributed by atoms with Crippen LogP contribution in [0.25, 0.3) is 0 Å². The molecule has 1 N–H and O–H groups in total. The Morgan fingerprint density at radius 2 is 1.76 bits per heavy atom. The van der Waals surface area contributed by atoms with E-state index in [1.165, 1.54) is 12.1 Å². The quantitative estimate of drug-likeness (QED) is 0.918. The molecule has 3 nitrogen and oxygen atoms in total. The van der Waals surface area contributed by atoms with Crippen molar-refractivity contribution in [3.8, 4) is 11.5 Å². The zero-order valence-electron chi connectivity index (χ0n) is 12.4. The lowest BCUT2D eigenvalue weighted by Crippen LogP contribution is -2.24. The highest BCUT2D eigenvalue weighted by atomic mass is 19.1. The molecule has 0 spiro atoms. The second kappa shape index (κ2) is 6.14. The minimum absolute atomic E-state index is 0.306. The van der Waals surface area contributed by atoms with E-state index >= 15 is 0 Å². The van der Waals surface area contributed by atoms with E-state index in [-0.39, 0.29) is 5.82 Å². The Labute approximate surface area is 124 Å². The summed E-state index contributed by atoms with van der Waals surface area (Å²) in [5.74, 6) is 0.841. The molecule has 0 saturated heterocycles. The minimum Gasteiger partial charge on any atom is -0.493 e. The number of hydrogen-bond acceptors (Lipinski definition) is 3. The molecule has 4 heteroatoms.